The molecule has 1 saturated heterocycles. The molecule has 0 bridgehead atoms. The Labute approximate surface area is 148 Å². The fraction of sp³-hybridized carbons (Fsp3) is 0.312. The monoisotopic (exact) mass is 365 g/mol. The van der Waals surface area contributed by atoms with E-state index in [2.05, 4.69) is 10.3 Å². The molecule has 0 saturated carbocycles. The number of morpholine rings is 1. The molecule has 1 aliphatic heterocycles. The van der Waals surface area contributed by atoms with E-state index in [1.165, 1.54) is 11.3 Å². The molecule has 1 aromatic carbocycles. The molecule has 2 amide bonds. The molecule has 1 aromatic heterocycles. The highest BCUT2D eigenvalue weighted by Gasteiger charge is 2.24. The van der Waals surface area contributed by atoms with Crippen LogP contribution < -0.4 is 5.32 Å². The minimum absolute atomic E-state index is 0.0773. The average molecular weight is 366 g/mol. The second-order valence-corrected chi connectivity index (χ2v) is 6.68. The summed E-state index contributed by atoms with van der Waals surface area (Å²) >= 11 is 7.20. The zero-order valence-electron chi connectivity index (χ0n) is 13.0. The third-order valence-electron chi connectivity index (χ3n) is 3.63. The standard InChI is InChI=1S/C16H16ClN3O3S/c1-10-13(15(22)20-6-8-23-9-7-20)24-16(18-10)19-14(21)11-4-2-3-5-12(11)17/h2-5H,6-9H2,1H3,(H,18,19,21). The Kier molecular flexibility index (Phi) is 5.13. The highest BCUT2D eigenvalue weighted by atomic mass is 35.5. The number of thiazole rings is 1. The van der Waals surface area contributed by atoms with Crippen LogP contribution in [0.4, 0.5) is 5.13 Å². The summed E-state index contributed by atoms with van der Waals surface area (Å²) in [4.78, 5) is 31.4. The Balaban J connectivity index is 1.75. The van der Waals surface area contributed by atoms with Gasteiger partial charge in [-0.25, -0.2) is 4.98 Å². The van der Waals surface area contributed by atoms with Gasteiger partial charge in [-0.1, -0.05) is 35.1 Å². The van der Waals surface area contributed by atoms with Crippen LogP contribution in [0, 0.1) is 6.92 Å². The lowest BCUT2D eigenvalue weighted by atomic mass is 10.2. The number of rotatable bonds is 3. The molecular formula is C16H16ClN3O3S. The van der Waals surface area contributed by atoms with Gasteiger partial charge in [-0.05, 0) is 19.1 Å². The second-order valence-electron chi connectivity index (χ2n) is 5.27. The van der Waals surface area contributed by atoms with Gasteiger partial charge in [-0.3, -0.25) is 14.9 Å². The molecule has 1 aliphatic rings. The maximum absolute atomic E-state index is 12.6. The number of halogens is 1. The summed E-state index contributed by atoms with van der Waals surface area (Å²) in [6, 6.07) is 6.78. The van der Waals surface area contributed by atoms with Crippen molar-refractivity contribution in [1.82, 2.24) is 9.88 Å². The smallest absolute Gasteiger partial charge is 0.266 e. The Morgan fingerprint density at radius 1 is 1.29 bits per heavy atom. The topological polar surface area (TPSA) is 71.5 Å². The number of hydrogen-bond acceptors (Lipinski definition) is 5. The highest BCUT2D eigenvalue weighted by molar-refractivity contribution is 7.17. The Morgan fingerprint density at radius 2 is 2.00 bits per heavy atom. The van der Waals surface area contributed by atoms with Crippen molar-refractivity contribution in [2.24, 2.45) is 0 Å². The number of nitrogens with one attached hydrogen (secondary N) is 1. The molecule has 2 heterocycles. The average Bonchev–Trinajstić information content (AvgIpc) is 2.95. The lowest BCUT2D eigenvalue weighted by molar-refractivity contribution is 0.0305. The van der Waals surface area contributed by atoms with Crippen LogP contribution in [0.3, 0.4) is 0 Å². The third-order valence-corrected chi connectivity index (χ3v) is 5.02. The fourth-order valence-corrected chi connectivity index (χ4v) is 3.52. The third kappa shape index (κ3) is 3.58. The van der Waals surface area contributed by atoms with Crippen LogP contribution in [0.5, 0.6) is 0 Å². The van der Waals surface area contributed by atoms with Crippen molar-refractivity contribution in [3.8, 4) is 0 Å². The predicted molar refractivity (Wildman–Crippen MR) is 93.0 cm³/mol. The van der Waals surface area contributed by atoms with Crippen molar-refractivity contribution in [2.75, 3.05) is 31.6 Å². The molecular weight excluding hydrogens is 350 g/mol. The Bertz CT molecular complexity index is 772. The number of benzene rings is 1. The first-order valence-electron chi connectivity index (χ1n) is 7.46. The number of hydrogen-bond donors (Lipinski definition) is 1. The second kappa shape index (κ2) is 7.29. The number of carbonyl (C=O) groups is 2. The Morgan fingerprint density at radius 3 is 2.71 bits per heavy atom. The molecule has 8 heteroatoms. The molecule has 0 aliphatic carbocycles. The van der Waals surface area contributed by atoms with Gasteiger partial charge >= 0.3 is 0 Å². The predicted octanol–water partition coefficient (Wildman–Crippen LogP) is 2.83. The first kappa shape index (κ1) is 16.9. The van der Waals surface area contributed by atoms with Crippen molar-refractivity contribution in [2.45, 2.75) is 6.92 Å². The Hall–Kier alpha value is -1.96. The van der Waals surface area contributed by atoms with E-state index in [0.717, 1.165) is 0 Å². The van der Waals surface area contributed by atoms with Crippen molar-refractivity contribution >= 4 is 39.9 Å². The number of carbonyl (C=O) groups excluding carboxylic acids is 2. The van der Waals surface area contributed by atoms with Crippen molar-refractivity contribution in [3.05, 3.63) is 45.4 Å². The summed E-state index contributed by atoms with van der Waals surface area (Å²) in [5.74, 6) is -0.425. The van der Waals surface area contributed by atoms with Crippen LogP contribution in [0.1, 0.15) is 25.7 Å². The quantitative estimate of drug-likeness (QED) is 0.907. The van der Waals surface area contributed by atoms with Crippen LogP contribution in [0.15, 0.2) is 24.3 Å². The molecule has 126 valence electrons. The largest absolute Gasteiger partial charge is 0.378 e. The molecule has 0 radical (unpaired) electrons. The van der Waals surface area contributed by atoms with Gasteiger partial charge in [0.25, 0.3) is 11.8 Å². The van der Waals surface area contributed by atoms with Gasteiger partial charge in [0.05, 0.1) is 29.5 Å². The summed E-state index contributed by atoms with van der Waals surface area (Å²) in [6.07, 6.45) is 0. The number of aromatic nitrogens is 1. The van der Waals surface area contributed by atoms with Crippen LogP contribution in [0.2, 0.25) is 5.02 Å². The lowest BCUT2D eigenvalue weighted by Crippen LogP contribution is -2.40. The molecule has 0 spiro atoms. The number of aryl methyl sites for hydroxylation is 1. The molecule has 24 heavy (non-hydrogen) atoms. The number of amides is 2. The van der Waals surface area contributed by atoms with E-state index in [1.54, 1.807) is 36.1 Å². The van der Waals surface area contributed by atoms with E-state index in [0.29, 0.717) is 52.6 Å². The zero-order chi connectivity index (χ0) is 17.1. The van der Waals surface area contributed by atoms with E-state index in [-0.39, 0.29) is 11.8 Å². The van der Waals surface area contributed by atoms with Crippen LogP contribution in [-0.2, 0) is 4.74 Å². The van der Waals surface area contributed by atoms with Crippen LogP contribution >= 0.6 is 22.9 Å². The fourth-order valence-electron chi connectivity index (χ4n) is 2.37. The minimum atomic E-state index is -0.347. The highest BCUT2D eigenvalue weighted by Crippen LogP contribution is 2.25. The van der Waals surface area contributed by atoms with Gasteiger partial charge in [0.15, 0.2) is 5.13 Å². The van der Waals surface area contributed by atoms with E-state index < -0.39 is 0 Å². The summed E-state index contributed by atoms with van der Waals surface area (Å²) < 4.78 is 5.26. The first-order valence-corrected chi connectivity index (χ1v) is 8.66. The van der Waals surface area contributed by atoms with Gasteiger partial charge in [0.2, 0.25) is 0 Å². The van der Waals surface area contributed by atoms with E-state index in [9.17, 15) is 9.59 Å². The van der Waals surface area contributed by atoms with Crippen molar-refractivity contribution < 1.29 is 14.3 Å². The van der Waals surface area contributed by atoms with Gasteiger partial charge in [0, 0.05) is 13.1 Å². The lowest BCUT2D eigenvalue weighted by Gasteiger charge is -2.26. The number of anilines is 1. The molecule has 1 N–H and O–H groups in total. The van der Waals surface area contributed by atoms with Gasteiger partial charge in [0.1, 0.15) is 4.88 Å². The summed E-state index contributed by atoms with van der Waals surface area (Å²) in [5, 5.41) is 3.46. The van der Waals surface area contributed by atoms with E-state index in [4.69, 9.17) is 16.3 Å². The first-order chi connectivity index (χ1) is 11.6. The number of nitrogens with zero attached hydrogens (tertiary/aromatic N) is 2. The number of ether oxygens (including phenoxy) is 1. The van der Waals surface area contributed by atoms with Crippen molar-refractivity contribution in [1.29, 1.82) is 0 Å². The van der Waals surface area contributed by atoms with E-state index >= 15 is 0 Å². The molecule has 0 unspecified atom stereocenters. The minimum Gasteiger partial charge on any atom is -0.378 e. The zero-order valence-corrected chi connectivity index (χ0v) is 14.6. The van der Waals surface area contributed by atoms with Crippen molar-refractivity contribution in [3.63, 3.8) is 0 Å². The van der Waals surface area contributed by atoms with Gasteiger partial charge in [-0.15, -0.1) is 0 Å². The maximum atomic E-state index is 12.6. The van der Waals surface area contributed by atoms with Gasteiger partial charge < -0.3 is 9.64 Å². The molecule has 0 atom stereocenters. The van der Waals surface area contributed by atoms with E-state index in [1.807, 2.05) is 0 Å². The molecule has 1 fully saturated rings. The summed E-state index contributed by atoms with van der Waals surface area (Å²) in [7, 11) is 0. The molecule has 6 nitrogen and oxygen atoms in total. The normalized spacial score (nSPS) is 14.5. The summed E-state index contributed by atoms with van der Waals surface area (Å²) in [6.45, 7) is 3.98. The molecule has 3 rings (SSSR count). The summed E-state index contributed by atoms with van der Waals surface area (Å²) in [5.41, 5.74) is 0.971. The van der Waals surface area contributed by atoms with Gasteiger partial charge in [-0.2, -0.15) is 0 Å². The molecule has 2 aromatic rings. The SMILES string of the molecule is Cc1nc(NC(=O)c2ccccc2Cl)sc1C(=O)N1CCOCC1. The van der Waals surface area contributed by atoms with Crippen LogP contribution in [0.25, 0.3) is 0 Å². The maximum Gasteiger partial charge on any atom is 0.266 e. The van der Waals surface area contributed by atoms with Crippen LogP contribution in [-0.4, -0.2) is 48.0 Å².